The van der Waals surface area contributed by atoms with Crippen molar-refractivity contribution in [2.75, 3.05) is 6.54 Å². The maximum Gasteiger partial charge on any atom is 0.318 e. The number of carboxylic acids is 1. The molecule has 0 unspecified atom stereocenters. The molecule has 0 atom stereocenters. The number of benzene rings is 1. The van der Waals surface area contributed by atoms with Gasteiger partial charge in [-0.25, -0.2) is 12.8 Å². The summed E-state index contributed by atoms with van der Waals surface area (Å²) < 4.78 is 37.8. The Labute approximate surface area is 92.0 Å². The van der Waals surface area contributed by atoms with Gasteiger partial charge in [-0.2, -0.15) is 4.72 Å². The summed E-state index contributed by atoms with van der Waals surface area (Å²) in [5.74, 6) is -1.84. The average molecular weight is 247 g/mol. The van der Waals surface area contributed by atoms with Crippen LogP contribution >= 0.6 is 0 Å². The molecule has 0 saturated heterocycles. The molecular weight excluding hydrogens is 237 g/mol. The maximum atomic E-state index is 12.7. The van der Waals surface area contributed by atoms with Crippen LogP contribution in [0.3, 0.4) is 0 Å². The Bertz CT molecular complexity index is 512. The van der Waals surface area contributed by atoms with Crippen molar-refractivity contribution in [1.82, 2.24) is 4.72 Å². The highest BCUT2D eigenvalue weighted by Gasteiger charge is 2.17. The van der Waals surface area contributed by atoms with E-state index in [0.717, 1.165) is 18.2 Å². The summed E-state index contributed by atoms with van der Waals surface area (Å²) in [6.45, 7) is 0.720. The second kappa shape index (κ2) is 4.58. The van der Waals surface area contributed by atoms with E-state index >= 15 is 0 Å². The van der Waals surface area contributed by atoms with Crippen LogP contribution in [0.1, 0.15) is 5.56 Å². The third-order valence-corrected chi connectivity index (χ3v) is 3.40. The van der Waals surface area contributed by atoms with Gasteiger partial charge in [0.15, 0.2) is 0 Å². The van der Waals surface area contributed by atoms with Crippen molar-refractivity contribution in [2.24, 2.45) is 0 Å². The molecule has 0 aliphatic carbocycles. The number of carbonyl (C=O) groups is 1. The molecule has 16 heavy (non-hydrogen) atoms. The van der Waals surface area contributed by atoms with E-state index in [2.05, 4.69) is 0 Å². The van der Waals surface area contributed by atoms with Crippen LogP contribution in [0, 0.1) is 12.7 Å². The lowest BCUT2D eigenvalue weighted by Gasteiger charge is -2.07. The van der Waals surface area contributed by atoms with Gasteiger partial charge in [0.25, 0.3) is 0 Å². The zero-order chi connectivity index (χ0) is 12.3. The van der Waals surface area contributed by atoms with Gasteiger partial charge in [0, 0.05) is 0 Å². The van der Waals surface area contributed by atoms with Crippen LogP contribution in [0.25, 0.3) is 0 Å². The van der Waals surface area contributed by atoms with Crippen LogP contribution in [-0.2, 0) is 14.8 Å². The molecule has 0 fully saturated rings. The van der Waals surface area contributed by atoms with Crippen LogP contribution in [0.5, 0.6) is 0 Å². The van der Waals surface area contributed by atoms with E-state index in [1.54, 1.807) is 0 Å². The Hall–Kier alpha value is -1.47. The Balaban J connectivity index is 3.03. The molecule has 5 nitrogen and oxygen atoms in total. The van der Waals surface area contributed by atoms with Crippen molar-refractivity contribution < 1.29 is 22.7 Å². The van der Waals surface area contributed by atoms with Crippen LogP contribution in [0.4, 0.5) is 4.39 Å². The van der Waals surface area contributed by atoms with Gasteiger partial charge in [-0.1, -0.05) is 0 Å². The number of aliphatic carboxylic acids is 1. The maximum absolute atomic E-state index is 12.7. The number of rotatable bonds is 4. The van der Waals surface area contributed by atoms with E-state index in [1.165, 1.54) is 6.92 Å². The normalized spacial score (nSPS) is 11.4. The van der Waals surface area contributed by atoms with Crippen molar-refractivity contribution in [3.63, 3.8) is 0 Å². The summed E-state index contributed by atoms with van der Waals surface area (Å²) >= 11 is 0. The van der Waals surface area contributed by atoms with Gasteiger partial charge >= 0.3 is 5.97 Å². The van der Waals surface area contributed by atoms with Crippen LogP contribution < -0.4 is 4.72 Å². The zero-order valence-corrected chi connectivity index (χ0v) is 9.21. The lowest BCUT2D eigenvalue weighted by Crippen LogP contribution is -2.29. The Morgan fingerprint density at radius 1 is 1.50 bits per heavy atom. The molecule has 0 aromatic heterocycles. The average Bonchev–Trinajstić information content (AvgIpc) is 2.14. The fourth-order valence-corrected chi connectivity index (χ4v) is 2.35. The van der Waals surface area contributed by atoms with Gasteiger partial charge in [-0.3, -0.25) is 4.79 Å². The second-order valence-electron chi connectivity index (χ2n) is 3.13. The molecule has 2 N–H and O–H groups in total. The van der Waals surface area contributed by atoms with Gasteiger partial charge in [-0.15, -0.1) is 0 Å². The van der Waals surface area contributed by atoms with Crippen LogP contribution in [0.2, 0.25) is 0 Å². The van der Waals surface area contributed by atoms with E-state index in [1.807, 2.05) is 4.72 Å². The lowest BCUT2D eigenvalue weighted by molar-refractivity contribution is -0.135. The minimum absolute atomic E-state index is 0.129. The minimum atomic E-state index is -3.90. The summed E-state index contributed by atoms with van der Waals surface area (Å²) in [7, 11) is -3.90. The van der Waals surface area contributed by atoms with Gasteiger partial charge < -0.3 is 5.11 Å². The number of carboxylic acid groups (broad SMARTS) is 1. The summed E-state index contributed by atoms with van der Waals surface area (Å²) in [5, 5.41) is 8.35. The standard InChI is InChI=1S/C9H10FNO4S/c1-6-4-7(10)2-3-8(6)16(14,15)11-5-9(12)13/h2-4,11H,5H2,1H3,(H,12,13). The predicted octanol–water partition coefficient (Wildman–Crippen LogP) is 0.497. The molecule has 0 aliphatic rings. The van der Waals surface area contributed by atoms with Gasteiger partial charge in [0.2, 0.25) is 10.0 Å². The first-order valence-electron chi connectivity index (χ1n) is 4.30. The first-order chi connectivity index (χ1) is 7.33. The number of hydrogen-bond donors (Lipinski definition) is 2. The Morgan fingerprint density at radius 2 is 2.12 bits per heavy atom. The third kappa shape index (κ3) is 3.01. The molecule has 0 bridgehead atoms. The molecule has 0 radical (unpaired) electrons. The van der Waals surface area contributed by atoms with Crippen LogP contribution in [0.15, 0.2) is 23.1 Å². The van der Waals surface area contributed by atoms with Crippen molar-refractivity contribution in [2.45, 2.75) is 11.8 Å². The predicted molar refractivity (Wildman–Crippen MR) is 54.0 cm³/mol. The number of aryl methyl sites for hydroxylation is 1. The SMILES string of the molecule is Cc1cc(F)ccc1S(=O)(=O)NCC(=O)O. The summed E-state index contributed by atoms with van der Waals surface area (Å²) in [6.07, 6.45) is 0. The highest BCUT2D eigenvalue weighted by atomic mass is 32.2. The molecule has 1 aromatic rings. The first-order valence-corrected chi connectivity index (χ1v) is 5.79. The molecule has 0 saturated carbocycles. The monoisotopic (exact) mass is 247 g/mol. The fourth-order valence-electron chi connectivity index (χ4n) is 1.15. The van der Waals surface area contributed by atoms with E-state index in [-0.39, 0.29) is 10.5 Å². The molecule has 88 valence electrons. The van der Waals surface area contributed by atoms with E-state index in [0.29, 0.717) is 0 Å². The third-order valence-electron chi connectivity index (χ3n) is 1.84. The van der Waals surface area contributed by atoms with Crippen molar-refractivity contribution in [3.05, 3.63) is 29.6 Å². The highest BCUT2D eigenvalue weighted by molar-refractivity contribution is 7.89. The van der Waals surface area contributed by atoms with Gasteiger partial charge in [0.05, 0.1) is 4.90 Å². The lowest BCUT2D eigenvalue weighted by atomic mass is 10.2. The highest BCUT2D eigenvalue weighted by Crippen LogP contribution is 2.15. The van der Waals surface area contributed by atoms with Gasteiger partial charge in [-0.05, 0) is 30.7 Å². The smallest absolute Gasteiger partial charge is 0.318 e. The largest absolute Gasteiger partial charge is 0.480 e. The molecule has 7 heteroatoms. The van der Waals surface area contributed by atoms with Gasteiger partial charge in [0.1, 0.15) is 12.4 Å². The molecule has 1 aromatic carbocycles. The zero-order valence-electron chi connectivity index (χ0n) is 8.40. The first kappa shape index (κ1) is 12.6. The molecule has 0 amide bonds. The summed E-state index contributed by atoms with van der Waals surface area (Å²) in [4.78, 5) is 10.1. The van der Waals surface area contributed by atoms with E-state index in [9.17, 15) is 17.6 Å². The van der Waals surface area contributed by atoms with Crippen molar-refractivity contribution >= 4 is 16.0 Å². The number of hydrogen-bond acceptors (Lipinski definition) is 3. The fraction of sp³-hybridized carbons (Fsp3) is 0.222. The molecular formula is C9H10FNO4S. The molecule has 0 aliphatic heterocycles. The quantitative estimate of drug-likeness (QED) is 0.811. The van der Waals surface area contributed by atoms with Crippen LogP contribution in [-0.4, -0.2) is 26.0 Å². The molecule has 0 spiro atoms. The Kier molecular flexibility index (Phi) is 3.61. The summed E-state index contributed by atoms with van der Waals surface area (Å²) in [5.41, 5.74) is 0.220. The molecule has 0 heterocycles. The minimum Gasteiger partial charge on any atom is -0.480 e. The molecule has 1 rings (SSSR count). The number of halogens is 1. The number of nitrogens with one attached hydrogen (secondary N) is 1. The van der Waals surface area contributed by atoms with E-state index < -0.39 is 28.4 Å². The van der Waals surface area contributed by atoms with Crippen molar-refractivity contribution in [3.8, 4) is 0 Å². The topological polar surface area (TPSA) is 83.5 Å². The van der Waals surface area contributed by atoms with Crippen molar-refractivity contribution in [1.29, 1.82) is 0 Å². The Morgan fingerprint density at radius 3 is 2.62 bits per heavy atom. The second-order valence-corrected chi connectivity index (χ2v) is 4.86. The van der Waals surface area contributed by atoms with E-state index in [4.69, 9.17) is 5.11 Å². The number of sulfonamides is 1. The summed E-state index contributed by atoms with van der Waals surface area (Å²) in [6, 6.07) is 3.16.